The predicted molar refractivity (Wildman–Crippen MR) is 58.7 cm³/mol. The summed E-state index contributed by atoms with van der Waals surface area (Å²) in [5, 5.41) is 3.99. The molecule has 0 aromatic carbocycles. The van der Waals surface area contributed by atoms with E-state index >= 15 is 0 Å². The van der Waals surface area contributed by atoms with Gasteiger partial charge in [0.2, 0.25) is 5.95 Å². The molecule has 0 aliphatic rings. The maximum atomic E-state index is 5.56. The van der Waals surface area contributed by atoms with Crippen molar-refractivity contribution in [1.82, 2.24) is 24.7 Å². The molecule has 17 heavy (non-hydrogen) atoms. The highest BCUT2D eigenvalue weighted by molar-refractivity contribution is 5.24. The topological polar surface area (TPSA) is 101 Å². The highest BCUT2D eigenvalue weighted by Gasteiger charge is 2.07. The van der Waals surface area contributed by atoms with Gasteiger partial charge in [-0.25, -0.2) is 4.68 Å². The van der Waals surface area contributed by atoms with Gasteiger partial charge < -0.3 is 15.2 Å². The number of nitrogens with zero attached hydrogens (tertiary/aromatic N) is 5. The second-order valence-corrected chi connectivity index (χ2v) is 3.07. The van der Waals surface area contributed by atoms with Crippen molar-refractivity contribution in [3.63, 3.8) is 0 Å². The lowest BCUT2D eigenvalue weighted by molar-refractivity contribution is 0.140. The van der Waals surface area contributed by atoms with E-state index in [-0.39, 0.29) is 12.0 Å². The van der Waals surface area contributed by atoms with E-state index in [0.29, 0.717) is 19.2 Å². The zero-order valence-electron chi connectivity index (χ0n) is 9.28. The van der Waals surface area contributed by atoms with Gasteiger partial charge in [-0.1, -0.05) is 0 Å². The number of hydrogen-bond acceptors (Lipinski definition) is 7. The van der Waals surface area contributed by atoms with Crippen molar-refractivity contribution in [2.45, 2.75) is 0 Å². The van der Waals surface area contributed by atoms with Crippen molar-refractivity contribution < 1.29 is 9.47 Å². The number of anilines is 1. The third-order valence-electron chi connectivity index (χ3n) is 1.85. The minimum atomic E-state index is 0.0814. The summed E-state index contributed by atoms with van der Waals surface area (Å²) in [6.07, 6.45) is 3.32. The summed E-state index contributed by atoms with van der Waals surface area (Å²) in [7, 11) is 1.58. The average molecular weight is 236 g/mol. The molecule has 0 saturated heterocycles. The SMILES string of the molecule is COCCOc1nc(N)nc(-n2cccn2)n1. The number of rotatable bonds is 5. The Hall–Kier alpha value is -2.22. The number of ether oxygens (including phenoxy) is 2. The summed E-state index contributed by atoms with van der Waals surface area (Å²) < 4.78 is 11.6. The summed E-state index contributed by atoms with van der Waals surface area (Å²) in [4.78, 5) is 11.9. The molecule has 2 heterocycles. The molecule has 2 aromatic heterocycles. The number of aromatic nitrogens is 5. The van der Waals surface area contributed by atoms with Crippen LogP contribution in [0.1, 0.15) is 0 Å². The van der Waals surface area contributed by atoms with E-state index in [0.717, 1.165) is 0 Å². The molecule has 8 heteroatoms. The van der Waals surface area contributed by atoms with Gasteiger partial charge >= 0.3 is 6.01 Å². The van der Waals surface area contributed by atoms with Gasteiger partial charge in [0.1, 0.15) is 6.61 Å². The van der Waals surface area contributed by atoms with Crippen LogP contribution in [-0.2, 0) is 4.74 Å². The molecule has 0 unspecified atom stereocenters. The van der Waals surface area contributed by atoms with Crippen LogP contribution in [0.2, 0.25) is 0 Å². The fourth-order valence-electron chi connectivity index (χ4n) is 1.13. The van der Waals surface area contributed by atoms with Gasteiger partial charge in [0.05, 0.1) is 6.61 Å². The lowest BCUT2D eigenvalue weighted by Crippen LogP contribution is -2.11. The quantitative estimate of drug-likeness (QED) is 0.709. The Morgan fingerprint density at radius 1 is 1.29 bits per heavy atom. The Kier molecular flexibility index (Phi) is 3.46. The normalized spacial score (nSPS) is 10.4. The van der Waals surface area contributed by atoms with E-state index < -0.39 is 0 Å². The van der Waals surface area contributed by atoms with Crippen molar-refractivity contribution in [1.29, 1.82) is 0 Å². The smallest absolute Gasteiger partial charge is 0.323 e. The molecule has 0 saturated carbocycles. The molecule has 0 amide bonds. The van der Waals surface area contributed by atoms with E-state index in [9.17, 15) is 0 Å². The summed E-state index contributed by atoms with van der Waals surface area (Å²) in [5.74, 6) is 0.396. The maximum absolute atomic E-state index is 5.56. The van der Waals surface area contributed by atoms with E-state index in [1.165, 1.54) is 4.68 Å². The van der Waals surface area contributed by atoms with Gasteiger partial charge in [-0.3, -0.25) is 0 Å². The fraction of sp³-hybridized carbons (Fsp3) is 0.333. The Morgan fingerprint density at radius 2 is 2.18 bits per heavy atom. The fourth-order valence-corrected chi connectivity index (χ4v) is 1.13. The standard InChI is InChI=1S/C9H12N6O2/c1-16-5-6-17-9-13-7(10)12-8(14-9)15-4-2-3-11-15/h2-4H,5-6H2,1H3,(H2,10,12,13,14). The molecule has 0 atom stereocenters. The molecule has 2 N–H and O–H groups in total. The highest BCUT2D eigenvalue weighted by atomic mass is 16.5. The van der Waals surface area contributed by atoms with Gasteiger partial charge in [-0.05, 0) is 6.07 Å². The predicted octanol–water partition coefficient (Wildman–Crippen LogP) is -0.335. The molecule has 0 aliphatic heterocycles. The third-order valence-corrected chi connectivity index (χ3v) is 1.85. The second kappa shape index (κ2) is 5.21. The van der Waals surface area contributed by atoms with E-state index in [1.807, 2.05) is 0 Å². The number of hydrogen-bond donors (Lipinski definition) is 1. The van der Waals surface area contributed by atoms with Crippen LogP contribution >= 0.6 is 0 Å². The maximum Gasteiger partial charge on any atom is 0.323 e. The second-order valence-electron chi connectivity index (χ2n) is 3.07. The lowest BCUT2D eigenvalue weighted by Gasteiger charge is -2.05. The monoisotopic (exact) mass is 236 g/mol. The average Bonchev–Trinajstić information content (AvgIpc) is 2.82. The highest BCUT2D eigenvalue weighted by Crippen LogP contribution is 2.07. The number of methoxy groups -OCH3 is 1. The van der Waals surface area contributed by atoms with Crippen LogP contribution in [0.15, 0.2) is 18.5 Å². The van der Waals surface area contributed by atoms with Crippen molar-refractivity contribution >= 4 is 5.95 Å². The molecule has 0 aliphatic carbocycles. The number of nitrogen functional groups attached to an aromatic ring is 1. The summed E-state index contributed by atoms with van der Waals surface area (Å²) in [6, 6.07) is 1.91. The molecule has 2 aromatic rings. The Bertz CT molecular complexity index is 472. The molecule has 0 spiro atoms. The first-order valence-electron chi connectivity index (χ1n) is 4.93. The molecular weight excluding hydrogens is 224 g/mol. The van der Waals surface area contributed by atoms with Crippen LogP contribution in [0.4, 0.5) is 5.95 Å². The van der Waals surface area contributed by atoms with E-state index in [4.69, 9.17) is 15.2 Å². The van der Waals surface area contributed by atoms with Crippen molar-refractivity contribution in [3.8, 4) is 12.0 Å². The first-order valence-corrected chi connectivity index (χ1v) is 4.93. The van der Waals surface area contributed by atoms with Crippen LogP contribution in [0.25, 0.3) is 5.95 Å². The van der Waals surface area contributed by atoms with Crippen LogP contribution in [-0.4, -0.2) is 45.1 Å². The zero-order valence-corrected chi connectivity index (χ0v) is 9.28. The van der Waals surface area contributed by atoms with Gasteiger partial charge in [0.25, 0.3) is 5.95 Å². The van der Waals surface area contributed by atoms with Crippen LogP contribution in [0.3, 0.4) is 0 Å². The van der Waals surface area contributed by atoms with Gasteiger partial charge in [-0.2, -0.15) is 20.1 Å². The van der Waals surface area contributed by atoms with E-state index in [1.54, 1.807) is 25.6 Å². The first kappa shape index (κ1) is 11.3. The van der Waals surface area contributed by atoms with Gasteiger partial charge in [0.15, 0.2) is 0 Å². The van der Waals surface area contributed by atoms with Crippen LogP contribution in [0.5, 0.6) is 6.01 Å². The Labute approximate surface area is 97.4 Å². The van der Waals surface area contributed by atoms with E-state index in [2.05, 4.69) is 20.1 Å². The summed E-state index contributed by atoms with van der Waals surface area (Å²) in [6.45, 7) is 0.793. The third kappa shape index (κ3) is 2.88. The van der Waals surface area contributed by atoms with Gasteiger partial charge in [-0.15, -0.1) is 0 Å². The molecule has 0 bridgehead atoms. The largest absolute Gasteiger partial charge is 0.461 e. The number of nitrogens with two attached hydrogens (primary N) is 1. The zero-order chi connectivity index (χ0) is 12.1. The molecule has 8 nitrogen and oxygen atoms in total. The molecule has 0 radical (unpaired) electrons. The molecule has 90 valence electrons. The summed E-state index contributed by atoms with van der Waals surface area (Å²) >= 11 is 0. The van der Waals surface area contributed by atoms with Crippen LogP contribution in [0, 0.1) is 0 Å². The van der Waals surface area contributed by atoms with Crippen molar-refractivity contribution in [3.05, 3.63) is 18.5 Å². The van der Waals surface area contributed by atoms with Crippen LogP contribution < -0.4 is 10.5 Å². The van der Waals surface area contributed by atoms with Crippen molar-refractivity contribution in [2.75, 3.05) is 26.1 Å². The molecule has 2 rings (SSSR count). The summed E-state index contributed by atoms with van der Waals surface area (Å²) in [5.41, 5.74) is 5.56. The Morgan fingerprint density at radius 3 is 2.88 bits per heavy atom. The first-order chi connectivity index (χ1) is 8.29. The Balaban J connectivity index is 2.18. The minimum absolute atomic E-state index is 0.0814. The minimum Gasteiger partial charge on any atom is -0.461 e. The van der Waals surface area contributed by atoms with Gasteiger partial charge in [0, 0.05) is 19.5 Å². The lowest BCUT2D eigenvalue weighted by atomic mass is 10.7. The molecular formula is C9H12N6O2. The van der Waals surface area contributed by atoms with Crippen molar-refractivity contribution in [2.24, 2.45) is 0 Å². The molecule has 0 fully saturated rings.